The molecule has 1 spiro atoms. The number of amides is 1. The first kappa shape index (κ1) is 18.7. The van der Waals surface area contributed by atoms with Crippen molar-refractivity contribution in [3.63, 3.8) is 0 Å². The van der Waals surface area contributed by atoms with E-state index in [1.165, 1.54) is 0 Å². The Morgan fingerprint density at radius 1 is 0.906 bits per heavy atom. The number of aromatic carboxylic acids is 1. The van der Waals surface area contributed by atoms with Gasteiger partial charge in [-0.15, -0.1) is 0 Å². The molecule has 0 aliphatic carbocycles. The number of carbonyl (C=O) groups is 2. The van der Waals surface area contributed by atoms with E-state index in [9.17, 15) is 9.59 Å². The minimum Gasteiger partial charge on any atom is -0.491 e. The number of nitrogens with zero attached hydrogens (tertiary/aromatic N) is 1. The average Bonchev–Trinajstić information content (AvgIpc) is 3.30. The molecule has 6 rings (SSSR count). The normalized spacial score (nSPS) is 20.1. The Hall–Kier alpha value is -4.00. The Kier molecular flexibility index (Phi) is 3.95. The first-order valence-corrected chi connectivity index (χ1v) is 10.4. The zero-order valence-electron chi connectivity index (χ0n) is 17.0. The minimum atomic E-state index is -0.979. The number of hydrogen-bond acceptors (Lipinski definition) is 5. The van der Waals surface area contributed by atoms with E-state index in [4.69, 9.17) is 19.3 Å². The van der Waals surface area contributed by atoms with Gasteiger partial charge in [0.1, 0.15) is 31.0 Å². The fourth-order valence-electron chi connectivity index (χ4n) is 4.80. The molecule has 160 valence electrons. The van der Waals surface area contributed by atoms with E-state index in [1.807, 2.05) is 36.4 Å². The smallest absolute Gasteiger partial charge is 0.335 e. The number of carbonyl (C=O) groups excluding carboxylic acids is 1. The molecule has 1 unspecified atom stereocenters. The highest BCUT2D eigenvalue weighted by Crippen LogP contribution is 2.54. The zero-order chi connectivity index (χ0) is 21.9. The van der Waals surface area contributed by atoms with Gasteiger partial charge in [0.15, 0.2) is 11.5 Å². The van der Waals surface area contributed by atoms with Crippen molar-refractivity contribution in [3.8, 4) is 17.2 Å². The Balaban J connectivity index is 1.44. The van der Waals surface area contributed by atoms with Gasteiger partial charge in [-0.05, 0) is 35.4 Å². The highest BCUT2D eigenvalue weighted by Gasteiger charge is 2.57. The first-order chi connectivity index (χ1) is 15.6. The van der Waals surface area contributed by atoms with Crippen molar-refractivity contribution in [2.75, 3.05) is 24.7 Å². The second kappa shape index (κ2) is 6.75. The van der Waals surface area contributed by atoms with Crippen LogP contribution < -0.4 is 19.1 Å². The molecule has 0 saturated heterocycles. The van der Waals surface area contributed by atoms with Crippen LogP contribution in [0, 0.1) is 0 Å². The number of para-hydroxylation sites is 1. The number of ether oxygens (including phenoxy) is 3. The molecule has 1 amide bonds. The van der Waals surface area contributed by atoms with Crippen LogP contribution in [0.2, 0.25) is 0 Å². The summed E-state index contributed by atoms with van der Waals surface area (Å²) in [6.45, 7) is 1.47. The van der Waals surface area contributed by atoms with E-state index in [0.717, 1.165) is 22.4 Å². The molecule has 3 aliphatic rings. The van der Waals surface area contributed by atoms with Gasteiger partial charge in [0.05, 0.1) is 12.1 Å². The summed E-state index contributed by atoms with van der Waals surface area (Å²) in [5.41, 5.74) is 2.60. The van der Waals surface area contributed by atoms with Crippen molar-refractivity contribution in [1.29, 1.82) is 0 Å². The number of carboxylic acid groups (broad SMARTS) is 1. The fraction of sp³-hybridized carbons (Fsp3) is 0.200. The Morgan fingerprint density at radius 3 is 2.38 bits per heavy atom. The summed E-state index contributed by atoms with van der Waals surface area (Å²) in [4.78, 5) is 26.9. The summed E-state index contributed by atoms with van der Waals surface area (Å²) in [5, 5.41) is 9.15. The molecule has 0 aromatic heterocycles. The minimum absolute atomic E-state index is 0.0727. The van der Waals surface area contributed by atoms with Crippen LogP contribution in [0.3, 0.4) is 0 Å². The molecular weight excluding hydrogens is 410 g/mol. The third-order valence-electron chi connectivity index (χ3n) is 6.35. The monoisotopic (exact) mass is 429 g/mol. The van der Waals surface area contributed by atoms with Crippen LogP contribution in [0.15, 0.2) is 60.7 Å². The molecule has 3 aliphatic heterocycles. The summed E-state index contributed by atoms with van der Waals surface area (Å²) < 4.78 is 17.5. The highest BCUT2D eigenvalue weighted by atomic mass is 16.6. The second-order valence-electron chi connectivity index (χ2n) is 8.10. The topological polar surface area (TPSA) is 85.3 Å². The van der Waals surface area contributed by atoms with Gasteiger partial charge in [0.25, 0.3) is 0 Å². The number of carboxylic acids is 1. The lowest BCUT2D eigenvalue weighted by molar-refractivity contribution is -0.122. The number of anilines is 1. The van der Waals surface area contributed by atoms with Gasteiger partial charge < -0.3 is 24.2 Å². The fourth-order valence-corrected chi connectivity index (χ4v) is 4.80. The maximum atomic E-state index is 14.0. The van der Waals surface area contributed by atoms with Gasteiger partial charge in [0.2, 0.25) is 5.91 Å². The van der Waals surface area contributed by atoms with E-state index in [2.05, 4.69) is 0 Å². The molecule has 1 atom stereocenters. The highest BCUT2D eigenvalue weighted by molar-refractivity contribution is 6.11. The van der Waals surface area contributed by atoms with E-state index < -0.39 is 11.4 Å². The van der Waals surface area contributed by atoms with Crippen LogP contribution >= 0.6 is 0 Å². The third kappa shape index (κ3) is 2.54. The number of hydrogen-bond donors (Lipinski definition) is 1. The van der Waals surface area contributed by atoms with E-state index in [0.29, 0.717) is 37.0 Å². The lowest BCUT2D eigenvalue weighted by Crippen LogP contribution is -2.42. The standard InChI is InChI=1S/C25H19NO6/c27-23(28)16-7-5-15(6-8-16)13-26-19-4-2-1-3-17(19)25(24(26)29)14-32-20-12-22-21(11-18(20)25)30-9-10-31-22/h1-8,11-12H,9-10,13-14H2,(H,27,28). The lowest BCUT2D eigenvalue weighted by Gasteiger charge is -2.24. The van der Waals surface area contributed by atoms with E-state index in [-0.39, 0.29) is 18.1 Å². The summed E-state index contributed by atoms with van der Waals surface area (Å²) >= 11 is 0. The Labute approximate surface area is 183 Å². The van der Waals surface area contributed by atoms with E-state index >= 15 is 0 Å². The van der Waals surface area contributed by atoms with Gasteiger partial charge in [-0.3, -0.25) is 4.79 Å². The Bertz CT molecular complexity index is 1270. The van der Waals surface area contributed by atoms with Crippen molar-refractivity contribution >= 4 is 17.6 Å². The summed E-state index contributed by atoms with van der Waals surface area (Å²) in [6, 6.07) is 18.0. The van der Waals surface area contributed by atoms with Crippen molar-refractivity contribution in [1.82, 2.24) is 0 Å². The lowest BCUT2D eigenvalue weighted by atomic mass is 9.77. The van der Waals surface area contributed by atoms with Gasteiger partial charge >= 0.3 is 5.97 Å². The number of rotatable bonds is 3. The largest absolute Gasteiger partial charge is 0.491 e. The van der Waals surface area contributed by atoms with Gasteiger partial charge in [-0.25, -0.2) is 4.79 Å². The molecule has 7 nitrogen and oxygen atoms in total. The second-order valence-corrected chi connectivity index (χ2v) is 8.10. The van der Waals surface area contributed by atoms with Crippen molar-refractivity contribution < 1.29 is 28.9 Å². The Morgan fingerprint density at radius 2 is 1.62 bits per heavy atom. The average molecular weight is 429 g/mol. The molecule has 1 N–H and O–H groups in total. The molecular formula is C25H19NO6. The van der Waals surface area contributed by atoms with Crippen molar-refractivity contribution in [2.24, 2.45) is 0 Å². The SMILES string of the molecule is O=C(O)c1ccc(CN2C(=O)C3(COc4cc5c(cc43)OCCO5)c3ccccc32)cc1. The van der Waals surface area contributed by atoms with Gasteiger partial charge in [-0.2, -0.15) is 0 Å². The van der Waals surface area contributed by atoms with Crippen LogP contribution in [0.25, 0.3) is 0 Å². The maximum absolute atomic E-state index is 14.0. The summed E-state index contributed by atoms with van der Waals surface area (Å²) in [7, 11) is 0. The quantitative estimate of drug-likeness (QED) is 0.687. The van der Waals surface area contributed by atoms with Crippen LogP contribution in [-0.4, -0.2) is 36.8 Å². The predicted octanol–water partition coefficient (Wildman–Crippen LogP) is 3.38. The van der Waals surface area contributed by atoms with Crippen molar-refractivity contribution in [2.45, 2.75) is 12.0 Å². The van der Waals surface area contributed by atoms with E-state index in [1.54, 1.807) is 29.2 Å². The summed E-state index contributed by atoms with van der Waals surface area (Å²) in [5.74, 6) is 0.822. The van der Waals surface area contributed by atoms with Crippen LogP contribution in [0.4, 0.5) is 5.69 Å². The molecule has 3 heterocycles. The zero-order valence-corrected chi connectivity index (χ0v) is 17.0. The molecule has 7 heteroatoms. The molecule has 3 aromatic rings. The molecule has 0 radical (unpaired) electrons. The van der Waals surface area contributed by atoms with Crippen LogP contribution in [0.5, 0.6) is 17.2 Å². The summed E-state index contributed by atoms with van der Waals surface area (Å²) in [6.07, 6.45) is 0. The van der Waals surface area contributed by atoms with Crippen molar-refractivity contribution in [3.05, 3.63) is 82.9 Å². The molecule has 0 bridgehead atoms. The van der Waals surface area contributed by atoms with Crippen LogP contribution in [-0.2, 0) is 16.8 Å². The number of benzene rings is 3. The molecule has 3 aromatic carbocycles. The molecule has 0 saturated carbocycles. The molecule has 32 heavy (non-hydrogen) atoms. The van der Waals surface area contributed by atoms with Gasteiger partial charge in [0, 0.05) is 17.3 Å². The molecule has 0 fully saturated rings. The predicted molar refractivity (Wildman–Crippen MR) is 115 cm³/mol. The maximum Gasteiger partial charge on any atom is 0.335 e. The van der Waals surface area contributed by atoms with Crippen LogP contribution in [0.1, 0.15) is 27.0 Å². The number of fused-ring (bicyclic) bond motifs is 5. The third-order valence-corrected chi connectivity index (χ3v) is 6.35. The van der Waals surface area contributed by atoms with Gasteiger partial charge in [-0.1, -0.05) is 30.3 Å². The first-order valence-electron chi connectivity index (χ1n) is 10.4.